The summed E-state index contributed by atoms with van der Waals surface area (Å²) >= 11 is 0. The number of hydrogen-bond acceptors (Lipinski definition) is 6. The number of aliphatic hydroxyl groups excluding tert-OH is 6. The van der Waals surface area contributed by atoms with Gasteiger partial charge in [-0.2, -0.15) is 0 Å². The van der Waals surface area contributed by atoms with Crippen molar-refractivity contribution in [1.82, 2.24) is 0 Å². The summed E-state index contributed by atoms with van der Waals surface area (Å²) in [5.41, 5.74) is 1.95. The normalized spacial score (nSPS) is 15.8. The number of rotatable bonds is 10. The van der Waals surface area contributed by atoms with Crippen LogP contribution >= 0.6 is 0 Å². The topological polar surface area (TPSA) is 121 Å². The van der Waals surface area contributed by atoms with Crippen molar-refractivity contribution in [3.63, 3.8) is 0 Å². The molecule has 2 rings (SSSR count). The molecule has 0 heterocycles. The molecule has 0 aliphatic heterocycles. The number of aliphatic hydroxyl groups is 6. The van der Waals surface area contributed by atoms with Gasteiger partial charge in [0, 0.05) is 18.4 Å². The van der Waals surface area contributed by atoms with Crippen molar-refractivity contribution in [2.24, 2.45) is 0 Å². The molecule has 5 atom stereocenters. The van der Waals surface area contributed by atoms with Gasteiger partial charge in [0.2, 0.25) is 0 Å². The summed E-state index contributed by atoms with van der Waals surface area (Å²) in [5, 5.41) is 58.9. The Balaban J connectivity index is 2.39. The van der Waals surface area contributed by atoms with E-state index in [4.69, 9.17) is 5.11 Å². The predicted molar refractivity (Wildman–Crippen MR) is 109 cm³/mol. The number of benzene rings is 2. The Bertz CT molecular complexity index is 1010. The minimum Gasteiger partial charge on any atom is -0.394 e. The van der Waals surface area contributed by atoms with Gasteiger partial charge in [-0.1, -0.05) is 24.3 Å². The van der Waals surface area contributed by atoms with Gasteiger partial charge in [0.05, 0.1) is 6.61 Å². The first-order valence-corrected chi connectivity index (χ1v) is 9.89. The zero-order valence-electron chi connectivity index (χ0n) is 17.2. The van der Waals surface area contributed by atoms with Crippen LogP contribution in [0.5, 0.6) is 0 Å². The lowest BCUT2D eigenvalue weighted by Gasteiger charge is -2.29. The molecule has 6 nitrogen and oxygen atoms in total. The van der Waals surface area contributed by atoms with Crippen molar-refractivity contribution in [2.75, 3.05) is 6.61 Å². The van der Waals surface area contributed by atoms with Crippen molar-refractivity contribution in [2.45, 2.75) is 43.4 Å². The summed E-state index contributed by atoms with van der Waals surface area (Å²) in [6, 6.07) is 6.76. The molecular weight excluding hydrogens is 448 g/mol. The molecule has 0 saturated carbocycles. The maximum Gasteiger partial charge on any atom is 0.162 e. The summed E-state index contributed by atoms with van der Waals surface area (Å²) < 4.78 is 54.9. The fourth-order valence-electron chi connectivity index (χ4n) is 3.06. The van der Waals surface area contributed by atoms with Crippen LogP contribution in [-0.2, 0) is 12.8 Å². The standard InChI is InChI=1S/C23H24F4O6/c24-15-8-2-5-12(18(15)26)4-1-7-14(10-13-6-3-9-16(25)19(13)27)20(30)22(32)23(33)21(31)17(29)11-28/h1-3,5-6,8-9,17,20-23,28-33H,4,10-11H2/t7?,17-,20?,21+,22+,23-/m0/s1. The molecule has 2 aromatic carbocycles. The van der Waals surface area contributed by atoms with Crippen LogP contribution in [0.4, 0.5) is 17.6 Å². The highest BCUT2D eigenvalue weighted by Gasteiger charge is 2.35. The van der Waals surface area contributed by atoms with E-state index in [2.05, 4.69) is 5.73 Å². The largest absolute Gasteiger partial charge is 0.394 e. The van der Waals surface area contributed by atoms with Crippen LogP contribution in [0, 0.1) is 23.3 Å². The predicted octanol–water partition coefficient (Wildman–Crippen LogP) is 0.907. The van der Waals surface area contributed by atoms with E-state index in [1.807, 2.05) is 0 Å². The Morgan fingerprint density at radius 2 is 1.33 bits per heavy atom. The first-order chi connectivity index (χ1) is 15.6. The Kier molecular flexibility index (Phi) is 9.75. The van der Waals surface area contributed by atoms with Crippen LogP contribution in [0.1, 0.15) is 11.1 Å². The van der Waals surface area contributed by atoms with Crippen LogP contribution in [-0.4, -0.2) is 67.8 Å². The van der Waals surface area contributed by atoms with Gasteiger partial charge in [-0.3, -0.25) is 0 Å². The summed E-state index contributed by atoms with van der Waals surface area (Å²) in [4.78, 5) is 0. The lowest BCUT2D eigenvalue weighted by Crippen LogP contribution is -2.50. The number of halogens is 4. The van der Waals surface area contributed by atoms with Gasteiger partial charge < -0.3 is 30.6 Å². The van der Waals surface area contributed by atoms with Crippen molar-refractivity contribution in [3.8, 4) is 0 Å². The molecule has 0 saturated heterocycles. The Morgan fingerprint density at radius 3 is 1.91 bits per heavy atom. The van der Waals surface area contributed by atoms with Crippen LogP contribution in [0.15, 0.2) is 53.8 Å². The fourth-order valence-corrected chi connectivity index (χ4v) is 3.06. The molecule has 2 aromatic rings. The van der Waals surface area contributed by atoms with Crippen molar-refractivity contribution >= 4 is 0 Å². The van der Waals surface area contributed by atoms with Gasteiger partial charge in [0.25, 0.3) is 0 Å². The first-order valence-electron chi connectivity index (χ1n) is 9.89. The Morgan fingerprint density at radius 1 is 0.788 bits per heavy atom. The zero-order chi connectivity index (χ0) is 24.7. The van der Waals surface area contributed by atoms with E-state index in [1.165, 1.54) is 24.3 Å². The third kappa shape index (κ3) is 6.72. The molecule has 0 radical (unpaired) electrons. The zero-order valence-corrected chi connectivity index (χ0v) is 17.2. The van der Waals surface area contributed by atoms with Gasteiger partial charge in [-0.25, -0.2) is 17.6 Å². The molecule has 180 valence electrons. The molecule has 0 aliphatic rings. The third-order valence-electron chi connectivity index (χ3n) is 5.02. The van der Waals surface area contributed by atoms with Gasteiger partial charge in [-0.15, -0.1) is 5.73 Å². The highest BCUT2D eigenvalue weighted by Crippen LogP contribution is 2.21. The molecule has 0 bridgehead atoms. The van der Waals surface area contributed by atoms with Crippen LogP contribution in [0.25, 0.3) is 0 Å². The maximum absolute atomic E-state index is 14.1. The average Bonchev–Trinajstić information content (AvgIpc) is 2.81. The molecule has 10 heteroatoms. The quantitative estimate of drug-likeness (QED) is 0.226. The van der Waals surface area contributed by atoms with E-state index < -0.39 is 66.8 Å². The van der Waals surface area contributed by atoms with Crippen LogP contribution < -0.4 is 0 Å². The van der Waals surface area contributed by atoms with E-state index >= 15 is 0 Å². The van der Waals surface area contributed by atoms with Crippen LogP contribution in [0.2, 0.25) is 0 Å². The molecule has 0 aliphatic carbocycles. The highest BCUT2D eigenvalue weighted by atomic mass is 19.2. The third-order valence-corrected chi connectivity index (χ3v) is 5.02. The molecule has 0 spiro atoms. The lowest BCUT2D eigenvalue weighted by atomic mass is 9.92. The number of hydrogen-bond donors (Lipinski definition) is 6. The second-order valence-corrected chi connectivity index (χ2v) is 7.35. The summed E-state index contributed by atoms with van der Waals surface area (Å²) in [5.74, 6) is -4.59. The lowest BCUT2D eigenvalue weighted by molar-refractivity contribution is -0.134. The SMILES string of the molecule is OC[C@H](O)[C@@H](O)[C@H](O)[C@H](O)C(O)C(=C=CCc1cccc(F)c1F)Cc1cccc(F)c1F. The van der Waals surface area contributed by atoms with E-state index in [0.717, 1.165) is 18.2 Å². The molecule has 6 N–H and O–H groups in total. The van der Waals surface area contributed by atoms with E-state index in [1.54, 1.807) is 0 Å². The summed E-state index contributed by atoms with van der Waals surface area (Å²) in [6.07, 6.45) is -9.72. The molecule has 0 aromatic heterocycles. The minimum absolute atomic E-state index is 0.0599. The maximum atomic E-state index is 14.1. The molecule has 1 unspecified atom stereocenters. The van der Waals surface area contributed by atoms with Gasteiger partial charge in [0.1, 0.15) is 30.5 Å². The Labute approximate surface area is 187 Å². The van der Waals surface area contributed by atoms with E-state index in [-0.39, 0.29) is 23.1 Å². The van der Waals surface area contributed by atoms with Gasteiger partial charge in [0.15, 0.2) is 23.3 Å². The van der Waals surface area contributed by atoms with E-state index in [0.29, 0.717) is 0 Å². The first kappa shape index (κ1) is 26.7. The smallest absolute Gasteiger partial charge is 0.162 e. The monoisotopic (exact) mass is 472 g/mol. The average molecular weight is 472 g/mol. The Hall–Kier alpha value is -2.56. The highest BCUT2D eigenvalue weighted by molar-refractivity contribution is 5.28. The molecular formula is C23H24F4O6. The molecule has 0 amide bonds. The van der Waals surface area contributed by atoms with Gasteiger partial charge >= 0.3 is 0 Å². The molecule has 0 fully saturated rings. The van der Waals surface area contributed by atoms with Crippen molar-refractivity contribution < 1.29 is 48.2 Å². The fraction of sp³-hybridized carbons (Fsp3) is 0.348. The van der Waals surface area contributed by atoms with Crippen LogP contribution in [0.3, 0.4) is 0 Å². The van der Waals surface area contributed by atoms with Crippen molar-refractivity contribution in [1.29, 1.82) is 0 Å². The second kappa shape index (κ2) is 12.1. The van der Waals surface area contributed by atoms with E-state index in [9.17, 15) is 43.1 Å². The summed E-state index contributed by atoms with van der Waals surface area (Å²) in [7, 11) is 0. The minimum atomic E-state index is -2.14. The van der Waals surface area contributed by atoms with Crippen molar-refractivity contribution in [3.05, 3.63) is 88.2 Å². The molecule has 33 heavy (non-hydrogen) atoms. The van der Waals surface area contributed by atoms with Gasteiger partial charge in [-0.05, 0) is 29.3 Å². The summed E-state index contributed by atoms with van der Waals surface area (Å²) in [6.45, 7) is -0.947. The second-order valence-electron chi connectivity index (χ2n) is 7.35.